The Kier molecular flexibility index (Phi) is 2.78. The largest absolute Gasteiger partial charge is 0.313 e. The third-order valence-corrected chi connectivity index (χ3v) is 4.14. The fourth-order valence-corrected chi connectivity index (χ4v) is 3.19. The molecule has 0 radical (unpaired) electrons. The van der Waals surface area contributed by atoms with E-state index >= 15 is 0 Å². The van der Waals surface area contributed by atoms with Gasteiger partial charge in [0.1, 0.15) is 0 Å². The van der Waals surface area contributed by atoms with Crippen molar-refractivity contribution in [2.75, 3.05) is 11.9 Å². The van der Waals surface area contributed by atoms with Crippen LogP contribution in [0.2, 0.25) is 0 Å². The minimum Gasteiger partial charge on any atom is -0.313 e. The molecule has 0 aliphatic carbocycles. The van der Waals surface area contributed by atoms with Crippen LogP contribution in [0.3, 0.4) is 0 Å². The fraction of sp³-hybridized carbons (Fsp3) is 0.385. The lowest BCUT2D eigenvalue weighted by atomic mass is 10.1. The molecule has 1 aromatic rings. The van der Waals surface area contributed by atoms with Gasteiger partial charge in [-0.2, -0.15) is 0 Å². The molecule has 1 aliphatic rings. The summed E-state index contributed by atoms with van der Waals surface area (Å²) in [5.41, 5.74) is 1.57. The van der Waals surface area contributed by atoms with Crippen LogP contribution in [0.25, 0.3) is 0 Å². The van der Waals surface area contributed by atoms with Crippen molar-refractivity contribution in [1.29, 1.82) is 0 Å². The first kappa shape index (κ1) is 12.2. The number of Topliss-reactive ketones (excluding diaryl/α,β-unsaturated/α-hetero) is 1. The van der Waals surface area contributed by atoms with Gasteiger partial charge in [0, 0.05) is 17.5 Å². The van der Waals surface area contributed by atoms with Gasteiger partial charge in [-0.1, -0.05) is 0 Å². The van der Waals surface area contributed by atoms with Crippen LogP contribution in [-0.4, -0.2) is 23.5 Å². The van der Waals surface area contributed by atoms with Crippen LogP contribution in [0.15, 0.2) is 23.1 Å². The van der Waals surface area contributed by atoms with Gasteiger partial charge in [0.25, 0.3) is 0 Å². The average molecular weight is 249 g/mol. The van der Waals surface area contributed by atoms with Crippen molar-refractivity contribution in [1.82, 2.24) is 0 Å². The predicted octanol–water partition coefficient (Wildman–Crippen LogP) is 2.74. The summed E-state index contributed by atoms with van der Waals surface area (Å²) in [6.45, 7) is 5.36. The molecule has 1 aliphatic heterocycles. The van der Waals surface area contributed by atoms with Crippen LogP contribution >= 0.6 is 11.8 Å². The van der Waals surface area contributed by atoms with E-state index in [-0.39, 0.29) is 11.7 Å². The number of ketones is 1. The number of carbonyl (C=O) groups excluding carboxylic acids is 2. The molecule has 0 aromatic heterocycles. The zero-order valence-electron chi connectivity index (χ0n) is 10.4. The van der Waals surface area contributed by atoms with Gasteiger partial charge >= 0.3 is 0 Å². The number of nitrogens with zero attached hydrogens (tertiary/aromatic N) is 1. The van der Waals surface area contributed by atoms with Crippen molar-refractivity contribution in [2.24, 2.45) is 0 Å². The van der Waals surface area contributed by atoms with Gasteiger partial charge in [0.15, 0.2) is 5.78 Å². The molecule has 1 heterocycles. The molecular formula is C13H15NO2S. The standard InChI is InChI=1S/C13H15NO2S/c1-8(15)9-5-6-10-11(7-9)17-13(2,3)12(16)14(10)4/h5-7H,1-4H3. The summed E-state index contributed by atoms with van der Waals surface area (Å²) in [6, 6.07) is 5.48. The SMILES string of the molecule is CC(=O)c1ccc2c(c1)SC(C)(C)C(=O)N2C. The predicted molar refractivity (Wildman–Crippen MR) is 69.8 cm³/mol. The second-order valence-corrected chi connectivity index (χ2v) is 6.38. The summed E-state index contributed by atoms with van der Waals surface area (Å²) >= 11 is 1.51. The normalized spacial score (nSPS) is 17.9. The van der Waals surface area contributed by atoms with Gasteiger partial charge < -0.3 is 4.90 Å². The number of benzene rings is 1. The second kappa shape index (κ2) is 3.88. The highest BCUT2D eigenvalue weighted by Gasteiger charge is 2.38. The number of thioether (sulfide) groups is 1. The van der Waals surface area contributed by atoms with Crippen LogP contribution in [0.5, 0.6) is 0 Å². The van der Waals surface area contributed by atoms with E-state index in [1.807, 2.05) is 26.0 Å². The molecule has 0 atom stereocenters. The monoisotopic (exact) mass is 249 g/mol. The number of anilines is 1. The van der Waals surface area contributed by atoms with Crippen LogP contribution < -0.4 is 4.90 Å². The van der Waals surface area contributed by atoms with Crippen LogP contribution in [0.4, 0.5) is 5.69 Å². The highest BCUT2D eigenvalue weighted by molar-refractivity contribution is 8.01. The summed E-state index contributed by atoms with van der Waals surface area (Å²) in [7, 11) is 1.77. The quantitative estimate of drug-likeness (QED) is 0.718. The van der Waals surface area contributed by atoms with Gasteiger partial charge in [-0.3, -0.25) is 9.59 Å². The number of amides is 1. The van der Waals surface area contributed by atoms with Crippen molar-refractivity contribution in [2.45, 2.75) is 30.4 Å². The summed E-state index contributed by atoms with van der Waals surface area (Å²) in [6.07, 6.45) is 0. The highest BCUT2D eigenvalue weighted by atomic mass is 32.2. The zero-order chi connectivity index (χ0) is 12.8. The van der Waals surface area contributed by atoms with Crippen LogP contribution in [0.1, 0.15) is 31.1 Å². The van der Waals surface area contributed by atoms with E-state index in [9.17, 15) is 9.59 Å². The molecule has 1 aromatic carbocycles. The number of hydrogen-bond acceptors (Lipinski definition) is 3. The van der Waals surface area contributed by atoms with Gasteiger partial charge in [-0.25, -0.2) is 0 Å². The fourth-order valence-electron chi connectivity index (χ4n) is 1.92. The Morgan fingerprint density at radius 3 is 2.59 bits per heavy atom. The minimum absolute atomic E-state index is 0.0470. The maximum Gasteiger partial charge on any atom is 0.242 e. The lowest BCUT2D eigenvalue weighted by Gasteiger charge is -2.35. The molecule has 0 saturated heterocycles. The van der Waals surface area contributed by atoms with E-state index in [4.69, 9.17) is 0 Å². The van der Waals surface area contributed by atoms with Crippen molar-refractivity contribution in [3.05, 3.63) is 23.8 Å². The Hall–Kier alpha value is -1.29. The molecule has 0 unspecified atom stereocenters. The van der Waals surface area contributed by atoms with E-state index in [0.717, 1.165) is 10.6 Å². The van der Waals surface area contributed by atoms with E-state index in [2.05, 4.69) is 0 Å². The minimum atomic E-state index is -0.475. The molecule has 1 amide bonds. The molecule has 0 saturated carbocycles. The van der Waals surface area contributed by atoms with E-state index in [1.165, 1.54) is 11.8 Å². The number of fused-ring (bicyclic) bond motifs is 1. The summed E-state index contributed by atoms with van der Waals surface area (Å²) in [4.78, 5) is 26.1. The summed E-state index contributed by atoms with van der Waals surface area (Å²) < 4.78 is -0.475. The van der Waals surface area contributed by atoms with E-state index in [1.54, 1.807) is 24.9 Å². The smallest absolute Gasteiger partial charge is 0.242 e. The van der Waals surface area contributed by atoms with Crippen molar-refractivity contribution >= 4 is 29.1 Å². The van der Waals surface area contributed by atoms with E-state index < -0.39 is 4.75 Å². The molecule has 0 bridgehead atoms. The molecule has 0 spiro atoms. The van der Waals surface area contributed by atoms with Gasteiger partial charge in [0.05, 0.1) is 10.4 Å². The molecule has 0 fully saturated rings. The van der Waals surface area contributed by atoms with Crippen molar-refractivity contribution < 1.29 is 9.59 Å². The third-order valence-electron chi connectivity index (χ3n) is 2.91. The van der Waals surface area contributed by atoms with Crippen molar-refractivity contribution in [3.8, 4) is 0 Å². The molecule has 2 rings (SSSR count). The first-order valence-electron chi connectivity index (χ1n) is 5.45. The maximum absolute atomic E-state index is 12.1. The summed E-state index contributed by atoms with van der Waals surface area (Å²) in [5.74, 6) is 0.135. The Balaban J connectivity index is 2.54. The van der Waals surface area contributed by atoms with Gasteiger partial charge in [0.2, 0.25) is 5.91 Å². The molecule has 0 N–H and O–H groups in total. The first-order chi connectivity index (χ1) is 7.83. The van der Waals surface area contributed by atoms with Gasteiger partial charge in [-0.15, -0.1) is 11.8 Å². The third kappa shape index (κ3) is 1.97. The van der Waals surface area contributed by atoms with Gasteiger partial charge in [-0.05, 0) is 39.0 Å². The molecule has 3 nitrogen and oxygen atoms in total. The van der Waals surface area contributed by atoms with Crippen molar-refractivity contribution in [3.63, 3.8) is 0 Å². The Labute approximate surface area is 105 Å². The Bertz CT molecular complexity index is 508. The van der Waals surface area contributed by atoms with Crippen LogP contribution in [0, 0.1) is 0 Å². The molecule has 4 heteroatoms. The number of carbonyl (C=O) groups is 2. The second-order valence-electron chi connectivity index (χ2n) is 4.72. The zero-order valence-corrected chi connectivity index (χ0v) is 11.2. The lowest BCUT2D eigenvalue weighted by Crippen LogP contribution is -2.44. The highest BCUT2D eigenvalue weighted by Crippen LogP contribution is 2.44. The Morgan fingerprint density at radius 1 is 1.35 bits per heavy atom. The van der Waals surface area contributed by atoms with Crippen LogP contribution in [-0.2, 0) is 4.79 Å². The molecule has 90 valence electrons. The molecular weight excluding hydrogens is 234 g/mol. The number of hydrogen-bond donors (Lipinski definition) is 0. The lowest BCUT2D eigenvalue weighted by molar-refractivity contribution is -0.120. The topological polar surface area (TPSA) is 37.4 Å². The number of rotatable bonds is 1. The summed E-state index contributed by atoms with van der Waals surface area (Å²) in [5, 5.41) is 0. The average Bonchev–Trinajstić information content (AvgIpc) is 2.25. The Morgan fingerprint density at radius 2 is 2.00 bits per heavy atom. The van der Waals surface area contributed by atoms with E-state index in [0.29, 0.717) is 5.56 Å². The maximum atomic E-state index is 12.1. The first-order valence-corrected chi connectivity index (χ1v) is 6.27. The molecule has 17 heavy (non-hydrogen) atoms.